The van der Waals surface area contributed by atoms with E-state index < -0.39 is 33.2 Å². The Balaban J connectivity index is 1.56. The van der Waals surface area contributed by atoms with Crippen LogP contribution in [0.4, 0.5) is 0 Å². The summed E-state index contributed by atoms with van der Waals surface area (Å²) in [5.41, 5.74) is -0.379. The predicted octanol–water partition coefficient (Wildman–Crippen LogP) is 5.84. The van der Waals surface area contributed by atoms with Crippen LogP contribution in [0.1, 0.15) is 42.7 Å². The van der Waals surface area contributed by atoms with Crippen LogP contribution in [-0.2, 0) is 26.0 Å². The number of morpholine rings is 1. The summed E-state index contributed by atoms with van der Waals surface area (Å²) in [6.45, 7) is 4.10. The van der Waals surface area contributed by atoms with Crippen molar-refractivity contribution in [3.05, 3.63) is 75.8 Å². The Hall–Kier alpha value is -3.26. The number of phenolic OH excluding ortho intramolecular Hbond substituents is 1. The number of carboxylic acid groups (broad SMARTS) is 1. The van der Waals surface area contributed by atoms with Gasteiger partial charge in [0.2, 0.25) is 10.0 Å². The van der Waals surface area contributed by atoms with Gasteiger partial charge in [0.25, 0.3) is 0 Å². The van der Waals surface area contributed by atoms with Crippen LogP contribution in [0.5, 0.6) is 23.0 Å². The van der Waals surface area contributed by atoms with Gasteiger partial charge in [-0.2, -0.15) is 4.31 Å². The number of hydrogen-bond donors (Lipinski definition) is 2. The number of nitrogens with zero attached hydrogens (tertiary/aromatic N) is 2. The minimum absolute atomic E-state index is 0.0344. The number of rotatable bonds is 14. The summed E-state index contributed by atoms with van der Waals surface area (Å²) in [5, 5.41) is 20.8. The summed E-state index contributed by atoms with van der Waals surface area (Å²) >= 11 is 12.3. The molecule has 0 aromatic heterocycles. The Labute approximate surface area is 297 Å². The van der Waals surface area contributed by atoms with Crippen LogP contribution in [0.2, 0.25) is 10.0 Å². The van der Waals surface area contributed by atoms with Gasteiger partial charge in [-0.25, -0.2) is 8.42 Å². The quantitative estimate of drug-likeness (QED) is 0.208. The topological polar surface area (TPSA) is 135 Å². The van der Waals surface area contributed by atoms with Gasteiger partial charge >= 0.3 is 5.97 Å². The van der Waals surface area contributed by atoms with E-state index in [-0.39, 0.29) is 34.3 Å². The van der Waals surface area contributed by atoms with E-state index in [1.165, 1.54) is 0 Å². The molecule has 2 heterocycles. The SMILES string of the molecule is COc1ccc(CC[C@H](c2cccc(OCCN3CCOCC3)c2)[C@]2(C(=O)O)CCCCN2S(=O)(=O)c2cc(Cl)c(O)c(Cl)c2)cc1OC. The van der Waals surface area contributed by atoms with Crippen molar-refractivity contribution >= 4 is 39.2 Å². The zero-order chi connectivity index (χ0) is 35.2. The van der Waals surface area contributed by atoms with E-state index in [2.05, 4.69) is 4.90 Å². The molecule has 3 aromatic carbocycles. The first-order valence-corrected chi connectivity index (χ1v) is 18.4. The molecule has 0 amide bonds. The maximum Gasteiger partial charge on any atom is 0.325 e. The predicted molar refractivity (Wildman–Crippen MR) is 186 cm³/mol. The summed E-state index contributed by atoms with van der Waals surface area (Å²) in [6, 6.07) is 15.0. The molecule has 266 valence electrons. The minimum Gasteiger partial charge on any atom is -0.505 e. The van der Waals surface area contributed by atoms with Crippen LogP contribution in [-0.4, -0.2) is 99.6 Å². The molecule has 5 rings (SSSR count). The molecule has 2 fully saturated rings. The zero-order valence-electron chi connectivity index (χ0n) is 27.6. The normalized spacial score (nSPS) is 19.7. The molecule has 11 nitrogen and oxygen atoms in total. The molecule has 2 aliphatic heterocycles. The molecule has 0 saturated carbocycles. The summed E-state index contributed by atoms with van der Waals surface area (Å²) in [4.78, 5) is 15.7. The van der Waals surface area contributed by atoms with Gasteiger partial charge in [-0.3, -0.25) is 9.69 Å². The first kappa shape index (κ1) is 37.0. The zero-order valence-corrected chi connectivity index (χ0v) is 29.9. The number of aryl methyl sites for hydroxylation is 1. The second kappa shape index (κ2) is 16.2. The van der Waals surface area contributed by atoms with Crippen LogP contribution in [0.3, 0.4) is 0 Å². The molecule has 2 atom stereocenters. The summed E-state index contributed by atoms with van der Waals surface area (Å²) < 4.78 is 52.5. The van der Waals surface area contributed by atoms with Crippen LogP contribution >= 0.6 is 23.2 Å². The van der Waals surface area contributed by atoms with Gasteiger partial charge in [0.1, 0.15) is 17.9 Å². The van der Waals surface area contributed by atoms with Crippen molar-refractivity contribution < 1.29 is 42.4 Å². The van der Waals surface area contributed by atoms with E-state index in [1.807, 2.05) is 30.3 Å². The van der Waals surface area contributed by atoms with Crippen molar-refractivity contribution in [2.75, 3.05) is 60.2 Å². The second-order valence-corrected chi connectivity index (χ2v) is 14.8. The van der Waals surface area contributed by atoms with Crippen LogP contribution in [0.25, 0.3) is 0 Å². The van der Waals surface area contributed by atoms with Crippen LogP contribution in [0, 0.1) is 0 Å². The molecule has 2 N–H and O–H groups in total. The minimum atomic E-state index is -4.48. The lowest BCUT2D eigenvalue weighted by Crippen LogP contribution is -2.62. The van der Waals surface area contributed by atoms with E-state index in [4.69, 9.17) is 42.1 Å². The van der Waals surface area contributed by atoms with Crippen molar-refractivity contribution in [3.63, 3.8) is 0 Å². The smallest absolute Gasteiger partial charge is 0.325 e. The molecule has 14 heteroatoms. The Kier molecular flexibility index (Phi) is 12.2. The molecule has 3 aromatic rings. The van der Waals surface area contributed by atoms with Crippen molar-refractivity contribution in [1.82, 2.24) is 9.21 Å². The number of aliphatic carboxylic acids is 1. The van der Waals surface area contributed by atoms with Gasteiger partial charge < -0.3 is 29.2 Å². The number of benzene rings is 3. The third-order valence-corrected chi connectivity index (χ3v) is 11.8. The third-order valence-electron chi connectivity index (χ3n) is 9.35. The lowest BCUT2D eigenvalue weighted by Gasteiger charge is -2.48. The third kappa shape index (κ3) is 8.05. The molecule has 0 aliphatic carbocycles. The van der Waals surface area contributed by atoms with Crippen molar-refractivity contribution in [2.24, 2.45) is 0 Å². The fourth-order valence-electron chi connectivity index (χ4n) is 6.80. The van der Waals surface area contributed by atoms with E-state index in [0.29, 0.717) is 68.4 Å². The first-order chi connectivity index (χ1) is 23.5. The summed E-state index contributed by atoms with van der Waals surface area (Å²) in [6.07, 6.45) is 1.72. The Morgan fingerprint density at radius 2 is 1.69 bits per heavy atom. The highest BCUT2D eigenvalue weighted by atomic mass is 35.5. The highest BCUT2D eigenvalue weighted by molar-refractivity contribution is 7.89. The number of piperidine rings is 1. The van der Waals surface area contributed by atoms with Gasteiger partial charge in [-0.1, -0.05) is 41.4 Å². The van der Waals surface area contributed by atoms with Crippen LogP contribution in [0.15, 0.2) is 59.5 Å². The van der Waals surface area contributed by atoms with Crippen LogP contribution < -0.4 is 14.2 Å². The van der Waals surface area contributed by atoms with E-state index >= 15 is 0 Å². The monoisotopic (exact) mass is 736 g/mol. The number of carbonyl (C=O) groups is 1. The summed E-state index contributed by atoms with van der Waals surface area (Å²) in [7, 11) is -1.39. The summed E-state index contributed by atoms with van der Waals surface area (Å²) in [5.74, 6) is -0.874. The number of methoxy groups -OCH3 is 2. The lowest BCUT2D eigenvalue weighted by atomic mass is 9.71. The maximum atomic E-state index is 14.4. The van der Waals surface area contributed by atoms with E-state index in [1.54, 1.807) is 26.4 Å². The molecule has 2 saturated heterocycles. The second-order valence-electron chi connectivity index (χ2n) is 12.2. The number of carboxylic acids is 1. The molecular weight excluding hydrogens is 695 g/mol. The van der Waals surface area contributed by atoms with Crippen molar-refractivity contribution in [3.8, 4) is 23.0 Å². The van der Waals surface area contributed by atoms with Crippen molar-refractivity contribution in [1.29, 1.82) is 0 Å². The maximum absolute atomic E-state index is 14.4. The number of sulfonamides is 1. The molecule has 2 aliphatic rings. The van der Waals surface area contributed by atoms with E-state index in [0.717, 1.165) is 35.1 Å². The Morgan fingerprint density at radius 3 is 2.37 bits per heavy atom. The largest absolute Gasteiger partial charge is 0.505 e. The number of aromatic hydroxyl groups is 1. The highest BCUT2D eigenvalue weighted by Crippen LogP contribution is 2.47. The number of hydrogen-bond acceptors (Lipinski definition) is 9. The number of ether oxygens (including phenoxy) is 4. The van der Waals surface area contributed by atoms with Gasteiger partial charge in [0.15, 0.2) is 17.2 Å². The molecular formula is C35H42Cl2N2O9S. The van der Waals surface area contributed by atoms with Gasteiger partial charge in [0, 0.05) is 32.1 Å². The molecule has 0 spiro atoms. The molecule has 0 radical (unpaired) electrons. The van der Waals surface area contributed by atoms with Gasteiger partial charge in [0.05, 0.1) is 42.4 Å². The van der Waals surface area contributed by atoms with E-state index in [9.17, 15) is 23.4 Å². The highest BCUT2D eigenvalue weighted by Gasteiger charge is 2.56. The van der Waals surface area contributed by atoms with Gasteiger partial charge in [-0.15, -0.1) is 0 Å². The standard InChI is InChI=1S/C35H42Cl2N2O9S/c1-45-31-11-9-24(20-32(31)46-2)8-10-28(25-6-5-7-26(21-25)48-19-16-38-14-17-47-18-15-38)35(34(41)42)12-3-4-13-39(35)49(43,44)27-22-29(36)33(40)30(37)23-27/h5-7,9,11,20-23,28,40H,3-4,8,10,12-19H2,1-2H3,(H,41,42)/t28-,35+/m1/s1. The first-order valence-electron chi connectivity index (χ1n) is 16.2. The average molecular weight is 738 g/mol. The number of halogens is 2. The molecule has 49 heavy (non-hydrogen) atoms. The van der Waals surface area contributed by atoms with Gasteiger partial charge in [-0.05, 0) is 79.6 Å². The average Bonchev–Trinajstić information content (AvgIpc) is 3.11. The number of phenols is 1. The molecule has 0 bridgehead atoms. The molecule has 0 unspecified atom stereocenters. The fraction of sp³-hybridized carbons (Fsp3) is 0.457. The lowest BCUT2D eigenvalue weighted by molar-refractivity contribution is -0.152. The Bertz CT molecular complexity index is 1710. The Morgan fingerprint density at radius 1 is 0.980 bits per heavy atom. The fourth-order valence-corrected chi connectivity index (χ4v) is 9.30. The van der Waals surface area contributed by atoms with Crippen molar-refractivity contribution in [2.45, 2.75) is 48.5 Å².